The lowest BCUT2D eigenvalue weighted by atomic mass is 10.3. The number of rotatable bonds is 5. The van der Waals surface area contributed by atoms with E-state index in [0.717, 1.165) is 11.5 Å². The van der Waals surface area contributed by atoms with Crippen LogP contribution < -0.4 is 5.32 Å². The third-order valence-corrected chi connectivity index (χ3v) is 3.26. The van der Waals surface area contributed by atoms with Crippen molar-refractivity contribution in [3.63, 3.8) is 0 Å². The molecule has 0 bridgehead atoms. The van der Waals surface area contributed by atoms with Crippen LogP contribution in [0.5, 0.6) is 0 Å². The van der Waals surface area contributed by atoms with Gasteiger partial charge in [0.25, 0.3) is 0 Å². The van der Waals surface area contributed by atoms with Crippen LogP contribution >= 0.6 is 11.8 Å². The maximum atomic E-state index is 4.04. The van der Waals surface area contributed by atoms with E-state index in [0.29, 0.717) is 12.6 Å². The van der Waals surface area contributed by atoms with Gasteiger partial charge < -0.3 is 5.32 Å². The molecule has 0 unspecified atom stereocenters. The first-order chi connectivity index (χ1) is 8.70. The quantitative estimate of drug-likeness (QED) is 0.835. The minimum atomic E-state index is 0.411. The number of benzene rings is 1. The number of tetrazole rings is 1. The lowest BCUT2D eigenvalue weighted by molar-refractivity contribution is 0.563. The summed E-state index contributed by atoms with van der Waals surface area (Å²) in [5, 5.41) is 15.1. The Hall–Kier alpha value is -1.40. The summed E-state index contributed by atoms with van der Waals surface area (Å²) in [5.41, 5.74) is 0.985. The molecule has 96 valence electrons. The van der Waals surface area contributed by atoms with E-state index < -0.39 is 0 Å². The van der Waals surface area contributed by atoms with E-state index in [2.05, 4.69) is 53.1 Å². The maximum absolute atomic E-state index is 4.04. The van der Waals surface area contributed by atoms with Crippen molar-refractivity contribution in [2.45, 2.75) is 31.3 Å². The molecule has 6 heteroatoms. The molecule has 0 spiro atoms. The molecule has 0 radical (unpaired) electrons. The predicted molar refractivity (Wildman–Crippen MR) is 72.9 cm³/mol. The number of hydrogen-bond donors (Lipinski definition) is 1. The summed E-state index contributed by atoms with van der Waals surface area (Å²) in [7, 11) is 0. The summed E-state index contributed by atoms with van der Waals surface area (Å²) >= 11 is 1.72. The zero-order chi connectivity index (χ0) is 13.0. The molecule has 0 amide bonds. The summed E-state index contributed by atoms with van der Waals surface area (Å²) in [6, 6.07) is 8.61. The van der Waals surface area contributed by atoms with E-state index in [9.17, 15) is 0 Å². The van der Waals surface area contributed by atoms with Crippen molar-refractivity contribution in [2.24, 2.45) is 0 Å². The lowest BCUT2D eigenvalue weighted by Crippen LogP contribution is -2.24. The molecule has 18 heavy (non-hydrogen) atoms. The minimum absolute atomic E-state index is 0.411. The summed E-state index contributed by atoms with van der Waals surface area (Å²) in [5.74, 6) is 0.820. The normalized spacial score (nSPS) is 11.1. The van der Waals surface area contributed by atoms with E-state index in [1.165, 1.54) is 4.90 Å². The van der Waals surface area contributed by atoms with Gasteiger partial charge in [-0.1, -0.05) is 13.8 Å². The van der Waals surface area contributed by atoms with Gasteiger partial charge in [-0.05, 0) is 40.9 Å². The van der Waals surface area contributed by atoms with Crippen molar-refractivity contribution in [3.05, 3.63) is 30.1 Å². The smallest absolute Gasteiger partial charge is 0.170 e. The standard InChI is InChI=1S/C12H17N5S/c1-9(2)13-8-12-14-15-16-17(12)10-4-6-11(18-3)7-5-10/h4-7,9,13H,8H2,1-3H3. The SMILES string of the molecule is CSc1ccc(-n2nnnc2CNC(C)C)cc1. The van der Waals surface area contributed by atoms with Crippen LogP contribution in [0.3, 0.4) is 0 Å². The van der Waals surface area contributed by atoms with Gasteiger partial charge in [-0.25, -0.2) is 0 Å². The average molecular weight is 263 g/mol. The first-order valence-corrected chi connectivity index (χ1v) is 7.08. The van der Waals surface area contributed by atoms with E-state index in [4.69, 9.17) is 0 Å². The van der Waals surface area contributed by atoms with E-state index in [-0.39, 0.29) is 0 Å². The molecular weight excluding hydrogens is 246 g/mol. The molecular formula is C12H17N5S. The molecule has 0 saturated heterocycles. The van der Waals surface area contributed by atoms with Crippen LogP contribution in [0.4, 0.5) is 0 Å². The molecule has 1 aromatic heterocycles. The highest BCUT2D eigenvalue weighted by Crippen LogP contribution is 2.17. The van der Waals surface area contributed by atoms with Gasteiger partial charge in [0.1, 0.15) is 0 Å². The van der Waals surface area contributed by atoms with Crippen molar-refractivity contribution in [3.8, 4) is 5.69 Å². The second-order valence-electron chi connectivity index (χ2n) is 4.24. The van der Waals surface area contributed by atoms with Crippen LogP contribution in [0.15, 0.2) is 29.2 Å². The highest BCUT2D eigenvalue weighted by atomic mass is 32.2. The second kappa shape index (κ2) is 5.97. The molecule has 0 aliphatic rings. The summed E-state index contributed by atoms with van der Waals surface area (Å²) in [6.07, 6.45) is 2.06. The molecule has 0 aliphatic carbocycles. The molecule has 0 aliphatic heterocycles. The highest BCUT2D eigenvalue weighted by molar-refractivity contribution is 7.98. The van der Waals surface area contributed by atoms with Crippen molar-refractivity contribution >= 4 is 11.8 Å². The number of aromatic nitrogens is 4. The molecule has 1 heterocycles. The predicted octanol–water partition coefficient (Wildman–Crippen LogP) is 1.88. The second-order valence-corrected chi connectivity index (χ2v) is 5.12. The monoisotopic (exact) mass is 263 g/mol. The molecule has 5 nitrogen and oxygen atoms in total. The third kappa shape index (κ3) is 3.08. The topological polar surface area (TPSA) is 55.6 Å². The Bertz CT molecular complexity index is 491. The molecule has 2 aromatic rings. The Kier molecular flexibility index (Phi) is 4.33. The Balaban J connectivity index is 2.19. The number of thioether (sulfide) groups is 1. The van der Waals surface area contributed by atoms with Gasteiger partial charge in [-0.2, -0.15) is 4.68 Å². The average Bonchev–Trinajstić information content (AvgIpc) is 2.85. The number of nitrogens with one attached hydrogen (secondary N) is 1. The minimum Gasteiger partial charge on any atom is -0.308 e. The Labute approximate surface area is 111 Å². The van der Waals surface area contributed by atoms with Gasteiger partial charge in [-0.3, -0.25) is 0 Å². The molecule has 1 aromatic carbocycles. The number of hydrogen-bond acceptors (Lipinski definition) is 5. The van der Waals surface area contributed by atoms with Crippen molar-refractivity contribution in [1.82, 2.24) is 25.5 Å². The highest BCUT2D eigenvalue weighted by Gasteiger charge is 2.08. The van der Waals surface area contributed by atoms with E-state index in [1.807, 2.05) is 12.1 Å². The van der Waals surface area contributed by atoms with Crippen LogP contribution in [0, 0.1) is 0 Å². The van der Waals surface area contributed by atoms with E-state index in [1.54, 1.807) is 16.4 Å². The fraction of sp³-hybridized carbons (Fsp3) is 0.417. The zero-order valence-corrected chi connectivity index (χ0v) is 11.6. The summed E-state index contributed by atoms with van der Waals surface area (Å²) in [6.45, 7) is 4.86. The zero-order valence-electron chi connectivity index (χ0n) is 10.8. The third-order valence-electron chi connectivity index (χ3n) is 2.52. The van der Waals surface area contributed by atoms with E-state index >= 15 is 0 Å². The van der Waals surface area contributed by atoms with Gasteiger partial charge in [0, 0.05) is 10.9 Å². The molecule has 1 N–H and O–H groups in total. The van der Waals surface area contributed by atoms with Crippen molar-refractivity contribution in [2.75, 3.05) is 6.26 Å². The Morgan fingerprint density at radius 1 is 1.28 bits per heavy atom. The summed E-state index contributed by atoms with van der Waals surface area (Å²) < 4.78 is 1.76. The van der Waals surface area contributed by atoms with Crippen LogP contribution in [0.2, 0.25) is 0 Å². The van der Waals surface area contributed by atoms with Crippen LogP contribution in [0.25, 0.3) is 5.69 Å². The largest absolute Gasteiger partial charge is 0.308 e. The van der Waals surface area contributed by atoms with Crippen molar-refractivity contribution in [1.29, 1.82) is 0 Å². The van der Waals surface area contributed by atoms with Gasteiger partial charge in [0.15, 0.2) is 5.82 Å². The number of nitrogens with zero attached hydrogens (tertiary/aromatic N) is 4. The van der Waals surface area contributed by atoms with Gasteiger partial charge in [-0.15, -0.1) is 16.9 Å². The van der Waals surface area contributed by atoms with Crippen LogP contribution in [-0.2, 0) is 6.54 Å². The Morgan fingerprint density at radius 3 is 2.61 bits per heavy atom. The van der Waals surface area contributed by atoms with Gasteiger partial charge in [0.2, 0.25) is 0 Å². The van der Waals surface area contributed by atoms with Crippen LogP contribution in [-0.4, -0.2) is 32.5 Å². The van der Waals surface area contributed by atoms with Gasteiger partial charge in [0.05, 0.1) is 12.2 Å². The molecule has 2 rings (SSSR count). The Morgan fingerprint density at radius 2 is 2.00 bits per heavy atom. The molecule has 0 saturated carbocycles. The first kappa shape index (κ1) is 13.0. The van der Waals surface area contributed by atoms with Gasteiger partial charge >= 0.3 is 0 Å². The van der Waals surface area contributed by atoms with Crippen molar-refractivity contribution < 1.29 is 0 Å². The molecule has 0 fully saturated rings. The fourth-order valence-corrected chi connectivity index (χ4v) is 1.94. The maximum Gasteiger partial charge on any atom is 0.170 e. The fourth-order valence-electron chi connectivity index (χ4n) is 1.54. The van der Waals surface area contributed by atoms with Crippen LogP contribution in [0.1, 0.15) is 19.7 Å². The first-order valence-electron chi connectivity index (χ1n) is 5.86. The molecule has 0 atom stereocenters. The summed E-state index contributed by atoms with van der Waals surface area (Å²) in [4.78, 5) is 1.23. The lowest BCUT2D eigenvalue weighted by Gasteiger charge is -2.08.